The quantitative estimate of drug-likeness (QED) is 0.821. The number of nitrogens with one attached hydrogen (secondary N) is 1. The first-order chi connectivity index (χ1) is 11.0. The molecule has 23 heavy (non-hydrogen) atoms. The van der Waals surface area contributed by atoms with E-state index in [1.807, 2.05) is 48.9 Å². The van der Waals surface area contributed by atoms with Gasteiger partial charge in [-0.05, 0) is 39.2 Å². The van der Waals surface area contributed by atoms with Gasteiger partial charge < -0.3 is 10.2 Å². The molecular weight excluding hydrogens is 312 g/mol. The Kier molecular flexibility index (Phi) is 5.65. The fourth-order valence-corrected chi connectivity index (χ4v) is 3.00. The minimum atomic E-state index is -0.583. The van der Waals surface area contributed by atoms with Crippen LogP contribution >= 0.6 is 11.8 Å². The van der Waals surface area contributed by atoms with Crippen LogP contribution in [0.3, 0.4) is 0 Å². The summed E-state index contributed by atoms with van der Waals surface area (Å²) in [5, 5.41) is 3.50. The Morgan fingerprint density at radius 3 is 2.65 bits per heavy atom. The highest BCUT2D eigenvalue weighted by Crippen LogP contribution is 2.19. The highest BCUT2D eigenvalue weighted by Gasteiger charge is 2.23. The van der Waals surface area contributed by atoms with Gasteiger partial charge in [0.25, 0.3) is 5.91 Å². The van der Waals surface area contributed by atoms with Crippen molar-refractivity contribution in [3.8, 4) is 0 Å². The van der Waals surface area contributed by atoms with Crippen LogP contribution in [0.2, 0.25) is 0 Å². The average Bonchev–Trinajstić information content (AvgIpc) is 2.94. The van der Waals surface area contributed by atoms with Crippen molar-refractivity contribution in [2.24, 2.45) is 0 Å². The van der Waals surface area contributed by atoms with Gasteiger partial charge >= 0.3 is 0 Å². The molecule has 0 bridgehead atoms. The van der Waals surface area contributed by atoms with E-state index in [-0.39, 0.29) is 11.8 Å². The Hall–Kier alpha value is -2.02. The summed E-state index contributed by atoms with van der Waals surface area (Å²) in [5.41, 5.74) is 1.07. The summed E-state index contributed by atoms with van der Waals surface area (Å²) in [4.78, 5) is 30.9. The van der Waals surface area contributed by atoms with Crippen LogP contribution in [-0.4, -0.2) is 51.5 Å². The second-order valence-corrected chi connectivity index (χ2v) is 5.88. The van der Waals surface area contributed by atoms with E-state index >= 15 is 0 Å². The number of rotatable bonds is 6. The molecule has 0 fully saturated rings. The Labute approximate surface area is 140 Å². The second-order valence-electron chi connectivity index (χ2n) is 5.11. The molecule has 7 heteroatoms. The van der Waals surface area contributed by atoms with Gasteiger partial charge in [0.05, 0.1) is 5.52 Å². The van der Waals surface area contributed by atoms with Crippen molar-refractivity contribution in [2.75, 3.05) is 19.3 Å². The van der Waals surface area contributed by atoms with Crippen LogP contribution in [0, 0.1) is 0 Å². The molecule has 0 aliphatic heterocycles. The zero-order chi connectivity index (χ0) is 17.0. The fourth-order valence-electron chi connectivity index (χ4n) is 2.46. The Morgan fingerprint density at radius 2 is 2.04 bits per heavy atom. The van der Waals surface area contributed by atoms with Gasteiger partial charge in [-0.3, -0.25) is 14.0 Å². The van der Waals surface area contributed by atoms with Crippen LogP contribution in [0.5, 0.6) is 0 Å². The molecule has 0 radical (unpaired) electrons. The zero-order valence-corrected chi connectivity index (χ0v) is 14.7. The minimum Gasteiger partial charge on any atom is -0.341 e. The molecule has 2 aromatic heterocycles. The normalized spacial score (nSPS) is 12.2. The summed E-state index contributed by atoms with van der Waals surface area (Å²) < 4.78 is 1.87. The van der Waals surface area contributed by atoms with Gasteiger partial charge in [-0.25, -0.2) is 4.98 Å². The van der Waals surface area contributed by atoms with Gasteiger partial charge in [-0.2, -0.15) is 0 Å². The molecule has 2 amide bonds. The number of nitrogens with zero attached hydrogens (tertiary/aromatic N) is 3. The highest BCUT2D eigenvalue weighted by molar-refractivity contribution is 7.98. The first kappa shape index (κ1) is 17.3. The standard InChI is InChI=1S/C16H22N4O2S/c1-5-19(6-2)15(22)11(3)17-14(21)13-12-9-7-8-10-20(12)16(18-13)23-4/h7-11H,5-6H2,1-4H3,(H,17,21). The molecule has 6 nitrogen and oxygen atoms in total. The molecule has 0 aliphatic carbocycles. The number of pyridine rings is 1. The fraction of sp³-hybridized carbons (Fsp3) is 0.438. The number of fused-ring (bicyclic) bond motifs is 1. The van der Waals surface area contributed by atoms with E-state index in [2.05, 4.69) is 10.3 Å². The summed E-state index contributed by atoms with van der Waals surface area (Å²) in [5.74, 6) is -0.418. The van der Waals surface area contributed by atoms with Crippen molar-refractivity contribution >= 4 is 29.1 Å². The molecule has 0 aliphatic rings. The Balaban J connectivity index is 2.23. The topological polar surface area (TPSA) is 66.7 Å². The molecule has 2 rings (SSSR count). The molecule has 1 unspecified atom stereocenters. The van der Waals surface area contributed by atoms with Crippen molar-refractivity contribution in [3.05, 3.63) is 30.1 Å². The van der Waals surface area contributed by atoms with Crippen molar-refractivity contribution < 1.29 is 9.59 Å². The maximum Gasteiger partial charge on any atom is 0.272 e. The summed E-state index contributed by atoms with van der Waals surface area (Å²) in [6.45, 7) is 6.79. The van der Waals surface area contributed by atoms with Gasteiger partial charge in [0.2, 0.25) is 5.91 Å². The second kappa shape index (κ2) is 7.50. The molecule has 0 aromatic carbocycles. The minimum absolute atomic E-state index is 0.0862. The lowest BCUT2D eigenvalue weighted by Crippen LogP contribution is -2.46. The number of aromatic nitrogens is 2. The third-order valence-electron chi connectivity index (χ3n) is 3.71. The number of likely N-dealkylation sites (N-methyl/N-ethyl adjacent to an activating group) is 1. The molecule has 2 heterocycles. The van der Waals surface area contributed by atoms with Gasteiger partial charge in [0.15, 0.2) is 10.9 Å². The number of amides is 2. The molecule has 1 N–H and O–H groups in total. The lowest BCUT2D eigenvalue weighted by molar-refractivity contribution is -0.132. The van der Waals surface area contributed by atoms with Crippen LogP contribution < -0.4 is 5.32 Å². The van der Waals surface area contributed by atoms with Crippen molar-refractivity contribution in [2.45, 2.75) is 32.0 Å². The smallest absolute Gasteiger partial charge is 0.272 e. The maximum atomic E-state index is 12.5. The van der Waals surface area contributed by atoms with Gasteiger partial charge in [0, 0.05) is 19.3 Å². The Bertz CT molecular complexity index is 709. The van der Waals surface area contributed by atoms with E-state index in [1.165, 1.54) is 11.8 Å². The molecule has 1 atom stereocenters. The first-order valence-electron chi connectivity index (χ1n) is 7.64. The van der Waals surface area contributed by atoms with Gasteiger partial charge in [-0.15, -0.1) is 0 Å². The van der Waals surface area contributed by atoms with Crippen molar-refractivity contribution in [1.29, 1.82) is 0 Å². The maximum absolute atomic E-state index is 12.5. The average molecular weight is 334 g/mol. The van der Waals surface area contributed by atoms with Crippen molar-refractivity contribution in [1.82, 2.24) is 19.6 Å². The van der Waals surface area contributed by atoms with E-state index in [0.717, 1.165) is 10.7 Å². The molecule has 124 valence electrons. The summed E-state index contributed by atoms with van der Waals surface area (Å²) in [6.07, 6.45) is 3.78. The van der Waals surface area contributed by atoms with Gasteiger partial charge in [0.1, 0.15) is 6.04 Å². The van der Waals surface area contributed by atoms with E-state index in [1.54, 1.807) is 11.8 Å². The first-order valence-corrected chi connectivity index (χ1v) is 8.86. The monoisotopic (exact) mass is 334 g/mol. The zero-order valence-electron chi connectivity index (χ0n) is 13.9. The van der Waals surface area contributed by atoms with Crippen LogP contribution in [0.1, 0.15) is 31.3 Å². The lowest BCUT2D eigenvalue weighted by atomic mass is 10.2. The largest absolute Gasteiger partial charge is 0.341 e. The van der Waals surface area contributed by atoms with Crippen LogP contribution in [-0.2, 0) is 4.79 Å². The SMILES string of the molecule is CCN(CC)C(=O)C(C)NC(=O)c1nc(SC)n2ccccc12. The summed E-state index contributed by atoms with van der Waals surface area (Å²) >= 11 is 1.47. The molecule has 0 saturated carbocycles. The third-order valence-corrected chi connectivity index (χ3v) is 4.36. The number of carbonyl (C=O) groups is 2. The molecule has 0 saturated heterocycles. The van der Waals surface area contributed by atoms with E-state index in [4.69, 9.17) is 0 Å². The third kappa shape index (κ3) is 3.50. The van der Waals surface area contributed by atoms with Crippen LogP contribution in [0.4, 0.5) is 0 Å². The summed E-state index contributed by atoms with van der Waals surface area (Å²) in [6, 6.07) is 5.02. The van der Waals surface area contributed by atoms with Crippen molar-refractivity contribution in [3.63, 3.8) is 0 Å². The van der Waals surface area contributed by atoms with Crippen LogP contribution in [0.25, 0.3) is 5.52 Å². The number of hydrogen-bond acceptors (Lipinski definition) is 4. The van der Waals surface area contributed by atoms with E-state index < -0.39 is 6.04 Å². The lowest BCUT2D eigenvalue weighted by Gasteiger charge is -2.23. The highest BCUT2D eigenvalue weighted by atomic mass is 32.2. The summed E-state index contributed by atoms with van der Waals surface area (Å²) in [7, 11) is 0. The Morgan fingerprint density at radius 1 is 1.35 bits per heavy atom. The predicted octanol–water partition coefficient (Wildman–Crippen LogP) is 2.04. The molecule has 0 spiro atoms. The van der Waals surface area contributed by atoms with Crippen LogP contribution in [0.15, 0.2) is 29.6 Å². The predicted molar refractivity (Wildman–Crippen MR) is 91.8 cm³/mol. The molecule has 2 aromatic rings. The molecular formula is C16H22N4O2S. The van der Waals surface area contributed by atoms with E-state index in [0.29, 0.717) is 18.8 Å². The van der Waals surface area contributed by atoms with E-state index in [9.17, 15) is 9.59 Å². The number of imidazole rings is 1. The number of hydrogen-bond donors (Lipinski definition) is 1. The number of carbonyl (C=O) groups excluding carboxylic acids is 2. The number of thioether (sulfide) groups is 1. The van der Waals surface area contributed by atoms with Gasteiger partial charge in [-0.1, -0.05) is 17.8 Å².